The van der Waals surface area contributed by atoms with Gasteiger partial charge in [-0.05, 0) is 26.0 Å². The molecule has 0 atom stereocenters. The molecule has 0 saturated heterocycles. The average Bonchev–Trinajstić information content (AvgIpc) is 2.96. The molecule has 124 valence electrons. The van der Waals surface area contributed by atoms with Crippen molar-refractivity contribution in [2.75, 3.05) is 6.54 Å². The maximum absolute atomic E-state index is 12.5. The second kappa shape index (κ2) is 5.95. The maximum atomic E-state index is 12.5. The summed E-state index contributed by atoms with van der Waals surface area (Å²) in [7, 11) is 0. The fraction of sp³-hybridized carbons (Fsp3) is 0.385. The Morgan fingerprint density at radius 3 is 2.57 bits per heavy atom. The van der Waals surface area contributed by atoms with Crippen molar-refractivity contribution in [3.05, 3.63) is 35.8 Å². The first kappa shape index (κ1) is 16.9. The largest absolute Gasteiger partial charge is 0.417 e. The molecule has 0 fully saturated rings. The van der Waals surface area contributed by atoms with Crippen molar-refractivity contribution >= 4 is 5.91 Å². The van der Waals surface area contributed by atoms with Crippen LogP contribution in [0.4, 0.5) is 13.2 Å². The lowest BCUT2D eigenvalue weighted by Crippen LogP contribution is -2.48. The van der Waals surface area contributed by atoms with Gasteiger partial charge in [-0.3, -0.25) is 4.79 Å². The third-order valence-corrected chi connectivity index (χ3v) is 3.00. The molecule has 0 unspecified atom stereocenters. The molecule has 0 saturated carbocycles. The van der Waals surface area contributed by atoms with E-state index < -0.39 is 23.2 Å². The molecule has 23 heavy (non-hydrogen) atoms. The molecule has 2 heterocycles. The minimum absolute atomic E-state index is 0.00761. The number of alkyl halides is 3. The van der Waals surface area contributed by atoms with E-state index in [1.807, 2.05) is 0 Å². The van der Waals surface area contributed by atoms with Crippen molar-refractivity contribution in [3.8, 4) is 5.82 Å². The van der Waals surface area contributed by atoms with Crippen molar-refractivity contribution in [2.45, 2.75) is 25.6 Å². The Kier molecular flexibility index (Phi) is 4.37. The summed E-state index contributed by atoms with van der Waals surface area (Å²) >= 11 is 0. The highest BCUT2D eigenvalue weighted by Crippen LogP contribution is 2.28. The summed E-state index contributed by atoms with van der Waals surface area (Å²) in [6, 6.07) is 2.02. The molecular formula is C13H15F3N6O. The number of halogens is 3. The summed E-state index contributed by atoms with van der Waals surface area (Å²) in [6.45, 7) is 3.72. The summed E-state index contributed by atoms with van der Waals surface area (Å²) in [6.07, 6.45) is -2.50. The molecule has 2 aromatic heterocycles. The number of carbonyl (C=O) groups excluding carboxylic acids is 1. The number of hydrogen-bond donors (Lipinski definition) is 2. The number of nitrogens with one attached hydrogen (secondary N) is 1. The molecule has 0 aliphatic rings. The standard InChI is InChI=1S/C13H15F3N6O/c1-12(2,7-17)19-11(23)9-6-22(21-20-9)10-4-3-8(5-18-10)13(14,15)16/h3-6H,7,17H2,1-2H3,(H,19,23). The van der Waals surface area contributed by atoms with E-state index in [0.717, 1.165) is 16.8 Å². The lowest BCUT2D eigenvalue weighted by atomic mass is 10.1. The quantitative estimate of drug-likeness (QED) is 0.877. The molecule has 0 bridgehead atoms. The SMILES string of the molecule is CC(C)(CN)NC(=O)c1cn(-c2ccc(C(F)(F)F)cn2)nn1. The number of nitrogens with two attached hydrogens (primary N) is 1. The Hall–Kier alpha value is -2.49. The summed E-state index contributed by atoms with van der Waals surface area (Å²) in [5, 5.41) is 10.0. The molecule has 10 heteroatoms. The molecule has 7 nitrogen and oxygen atoms in total. The van der Waals surface area contributed by atoms with Gasteiger partial charge in [-0.1, -0.05) is 5.21 Å². The average molecular weight is 328 g/mol. The number of carbonyl (C=O) groups is 1. The molecule has 0 aliphatic carbocycles. The Morgan fingerprint density at radius 2 is 2.04 bits per heavy atom. The second-order valence-corrected chi connectivity index (χ2v) is 5.49. The van der Waals surface area contributed by atoms with Gasteiger partial charge in [0.1, 0.15) is 0 Å². The van der Waals surface area contributed by atoms with Crippen molar-refractivity contribution in [1.29, 1.82) is 0 Å². The topological polar surface area (TPSA) is 98.7 Å². The first-order chi connectivity index (χ1) is 10.6. The van der Waals surface area contributed by atoms with Crippen LogP contribution < -0.4 is 11.1 Å². The van der Waals surface area contributed by atoms with E-state index in [4.69, 9.17) is 5.73 Å². The van der Waals surface area contributed by atoms with Crippen molar-refractivity contribution in [2.24, 2.45) is 5.73 Å². The summed E-state index contributed by atoms with van der Waals surface area (Å²) in [5.41, 5.74) is 4.04. The highest BCUT2D eigenvalue weighted by Gasteiger charge is 2.30. The van der Waals surface area contributed by atoms with Gasteiger partial charge in [-0.2, -0.15) is 13.2 Å². The second-order valence-electron chi connectivity index (χ2n) is 5.49. The van der Waals surface area contributed by atoms with Crippen LogP contribution in [0.3, 0.4) is 0 Å². The highest BCUT2D eigenvalue weighted by atomic mass is 19.4. The van der Waals surface area contributed by atoms with Gasteiger partial charge >= 0.3 is 6.18 Å². The van der Waals surface area contributed by atoms with Gasteiger partial charge in [0.2, 0.25) is 0 Å². The first-order valence-electron chi connectivity index (χ1n) is 6.61. The van der Waals surface area contributed by atoms with Gasteiger partial charge < -0.3 is 11.1 Å². The molecule has 0 aromatic carbocycles. The number of hydrogen-bond acceptors (Lipinski definition) is 5. The monoisotopic (exact) mass is 328 g/mol. The Balaban J connectivity index is 2.18. The van der Waals surface area contributed by atoms with Gasteiger partial charge in [0.25, 0.3) is 5.91 Å². The third-order valence-electron chi connectivity index (χ3n) is 3.00. The summed E-state index contributed by atoms with van der Waals surface area (Å²) in [4.78, 5) is 15.7. The van der Waals surface area contributed by atoms with E-state index in [-0.39, 0.29) is 18.1 Å². The lowest BCUT2D eigenvalue weighted by molar-refractivity contribution is -0.137. The van der Waals surface area contributed by atoms with Crippen LogP contribution >= 0.6 is 0 Å². The zero-order valence-electron chi connectivity index (χ0n) is 12.4. The van der Waals surface area contributed by atoms with Crippen LogP contribution in [0.25, 0.3) is 5.82 Å². The molecule has 2 aromatic rings. The van der Waals surface area contributed by atoms with Crippen molar-refractivity contribution in [3.63, 3.8) is 0 Å². The predicted octanol–water partition coefficient (Wildman–Crippen LogP) is 1.15. The Morgan fingerprint density at radius 1 is 1.35 bits per heavy atom. The van der Waals surface area contributed by atoms with Crippen LogP contribution in [-0.4, -0.2) is 38.0 Å². The van der Waals surface area contributed by atoms with Crippen LogP contribution in [0, 0.1) is 0 Å². The number of amides is 1. The maximum Gasteiger partial charge on any atom is 0.417 e. The Bertz CT molecular complexity index is 692. The van der Waals surface area contributed by atoms with Crippen LogP contribution in [0.15, 0.2) is 24.5 Å². The number of nitrogens with zero attached hydrogens (tertiary/aromatic N) is 4. The first-order valence-corrected chi connectivity index (χ1v) is 6.61. The zero-order valence-corrected chi connectivity index (χ0v) is 12.4. The van der Waals surface area contributed by atoms with Crippen LogP contribution in [0.5, 0.6) is 0 Å². The smallest absolute Gasteiger partial charge is 0.344 e. The van der Waals surface area contributed by atoms with Gasteiger partial charge in [0.05, 0.1) is 11.8 Å². The molecule has 0 radical (unpaired) electrons. The van der Waals surface area contributed by atoms with E-state index in [0.29, 0.717) is 6.20 Å². The normalized spacial score (nSPS) is 12.3. The summed E-state index contributed by atoms with van der Waals surface area (Å²) < 4.78 is 38.6. The van der Waals surface area contributed by atoms with Crippen LogP contribution in [-0.2, 0) is 6.18 Å². The van der Waals surface area contributed by atoms with E-state index in [2.05, 4.69) is 20.6 Å². The molecule has 1 amide bonds. The zero-order chi connectivity index (χ0) is 17.3. The van der Waals surface area contributed by atoms with E-state index in [1.165, 1.54) is 6.20 Å². The molecule has 3 N–H and O–H groups in total. The minimum atomic E-state index is -4.47. The van der Waals surface area contributed by atoms with E-state index in [9.17, 15) is 18.0 Å². The van der Waals surface area contributed by atoms with Crippen molar-refractivity contribution in [1.82, 2.24) is 25.3 Å². The Labute approximate surface area is 129 Å². The van der Waals surface area contributed by atoms with E-state index in [1.54, 1.807) is 13.8 Å². The molecular weight excluding hydrogens is 313 g/mol. The number of aromatic nitrogens is 4. The molecule has 0 spiro atoms. The van der Waals surface area contributed by atoms with Gasteiger partial charge in [-0.15, -0.1) is 5.10 Å². The van der Waals surface area contributed by atoms with Gasteiger partial charge in [0.15, 0.2) is 11.5 Å². The fourth-order valence-electron chi connectivity index (χ4n) is 1.59. The fourth-order valence-corrected chi connectivity index (χ4v) is 1.59. The van der Waals surface area contributed by atoms with Gasteiger partial charge in [0, 0.05) is 18.3 Å². The lowest BCUT2D eigenvalue weighted by Gasteiger charge is -2.23. The van der Waals surface area contributed by atoms with Gasteiger partial charge in [-0.25, -0.2) is 9.67 Å². The number of pyridine rings is 1. The third kappa shape index (κ3) is 4.03. The van der Waals surface area contributed by atoms with Crippen molar-refractivity contribution < 1.29 is 18.0 Å². The minimum Gasteiger partial charge on any atom is -0.344 e. The number of rotatable bonds is 4. The highest BCUT2D eigenvalue weighted by molar-refractivity contribution is 5.92. The van der Waals surface area contributed by atoms with E-state index >= 15 is 0 Å². The molecule has 2 rings (SSSR count). The predicted molar refractivity (Wildman–Crippen MR) is 74.8 cm³/mol. The summed E-state index contributed by atoms with van der Waals surface area (Å²) in [5.74, 6) is -0.374. The van der Waals surface area contributed by atoms with Crippen LogP contribution in [0.1, 0.15) is 29.9 Å². The molecule has 0 aliphatic heterocycles. The van der Waals surface area contributed by atoms with Crippen LogP contribution in [0.2, 0.25) is 0 Å².